The molecule has 1 heterocycles. The Morgan fingerprint density at radius 3 is 2.61 bits per heavy atom. The van der Waals surface area contributed by atoms with Gasteiger partial charge in [0.1, 0.15) is 0 Å². The lowest BCUT2D eigenvalue weighted by Gasteiger charge is -2.26. The van der Waals surface area contributed by atoms with Gasteiger partial charge in [0, 0.05) is 16.7 Å². The number of benzene rings is 1. The third-order valence-corrected chi connectivity index (χ3v) is 5.63. The number of sulfone groups is 1. The Morgan fingerprint density at radius 2 is 2.11 bits per heavy atom. The van der Waals surface area contributed by atoms with Gasteiger partial charge in [-0.25, -0.2) is 8.42 Å². The van der Waals surface area contributed by atoms with E-state index in [1.807, 2.05) is 24.5 Å². The second kappa shape index (κ2) is 4.87. The highest BCUT2D eigenvalue weighted by atomic mass is 32.2. The first kappa shape index (κ1) is 13.9. The third-order valence-electron chi connectivity index (χ3n) is 3.57. The molecule has 0 radical (unpaired) electrons. The predicted octanol–water partition coefficient (Wildman–Crippen LogP) is 2.41. The maximum atomic E-state index is 11.9. The van der Waals surface area contributed by atoms with Crippen molar-refractivity contribution in [3.8, 4) is 0 Å². The molecule has 0 amide bonds. The van der Waals surface area contributed by atoms with E-state index in [2.05, 4.69) is 12.2 Å². The van der Waals surface area contributed by atoms with E-state index in [-0.39, 0.29) is 5.54 Å². The SMILES string of the molecule is CSc1ccc(C2(C)CCCN2)cc1S(C)(=O)=O. The van der Waals surface area contributed by atoms with Gasteiger partial charge in [0.05, 0.1) is 4.90 Å². The maximum Gasteiger partial charge on any atom is 0.176 e. The highest BCUT2D eigenvalue weighted by molar-refractivity contribution is 7.99. The van der Waals surface area contributed by atoms with Crippen molar-refractivity contribution in [2.75, 3.05) is 19.1 Å². The number of hydrogen-bond acceptors (Lipinski definition) is 4. The minimum atomic E-state index is -3.17. The van der Waals surface area contributed by atoms with Crippen LogP contribution >= 0.6 is 11.8 Å². The molecular weight excluding hydrogens is 266 g/mol. The van der Waals surface area contributed by atoms with E-state index in [0.29, 0.717) is 4.90 Å². The molecule has 0 aliphatic carbocycles. The fraction of sp³-hybridized carbons (Fsp3) is 0.538. The van der Waals surface area contributed by atoms with E-state index in [4.69, 9.17) is 0 Å². The predicted molar refractivity (Wildman–Crippen MR) is 75.9 cm³/mol. The minimum Gasteiger partial charge on any atom is -0.308 e. The van der Waals surface area contributed by atoms with Crippen LogP contribution in [0.3, 0.4) is 0 Å². The molecule has 1 aromatic rings. The van der Waals surface area contributed by atoms with Gasteiger partial charge in [-0.2, -0.15) is 0 Å². The van der Waals surface area contributed by atoms with Crippen LogP contribution in [0.2, 0.25) is 0 Å². The summed E-state index contributed by atoms with van der Waals surface area (Å²) in [5, 5.41) is 3.46. The van der Waals surface area contributed by atoms with Crippen LogP contribution in [0.25, 0.3) is 0 Å². The smallest absolute Gasteiger partial charge is 0.176 e. The summed E-state index contributed by atoms with van der Waals surface area (Å²) < 4.78 is 23.7. The monoisotopic (exact) mass is 285 g/mol. The Labute approximate surface area is 113 Å². The van der Waals surface area contributed by atoms with Crippen LogP contribution < -0.4 is 5.32 Å². The van der Waals surface area contributed by atoms with Gasteiger partial charge in [0.15, 0.2) is 9.84 Å². The van der Waals surface area contributed by atoms with Crippen LogP contribution in [0.4, 0.5) is 0 Å². The van der Waals surface area contributed by atoms with Gasteiger partial charge in [-0.3, -0.25) is 0 Å². The van der Waals surface area contributed by atoms with Crippen molar-refractivity contribution < 1.29 is 8.42 Å². The van der Waals surface area contributed by atoms with Crippen molar-refractivity contribution in [3.05, 3.63) is 23.8 Å². The van der Waals surface area contributed by atoms with E-state index >= 15 is 0 Å². The van der Waals surface area contributed by atoms with Gasteiger partial charge in [-0.15, -0.1) is 11.8 Å². The third kappa shape index (κ3) is 2.58. The molecule has 1 saturated heterocycles. The van der Waals surface area contributed by atoms with Gasteiger partial charge >= 0.3 is 0 Å². The Morgan fingerprint density at radius 1 is 1.39 bits per heavy atom. The molecule has 100 valence electrons. The second-order valence-corrected chi connectivity index (χ2v) is 7.83. The van der Waals surface area contributed by atoms with Gasteiger partial charge < -0.3 is 5.32 Å². The van der Waals surface area contributed by atoms with Gasteiger partial charge in [0.2, 0.25) is 0 Å². The lowest BCUT2D eigenvalue weighted by molar-refractivity contribution is 0.433. The molecule has 5 heteroatoms. The van der Waals surface area contributed by atoms with Crippen LogP contribution in [0.1, 0.15) is 25.3 Å². The largest absolute Gasteiger partial charge is 0.308 e. The number of nitrogens with one attached hydrogen (secondary N) is 1. The van der Waals surface area contributed by atoms with Crippen molar-refractivity contribution >= 4 is 21.6 Å². The molecule has 1 atom stereocenters. The van der Waals surface area contributed by atoms with E-state index in [0.717, 1.165) is 29.8 Å². The van der Waals surface area contributed by atoms with E-state index in [9.17, 15) is 8.42 Å². The molecule has 3 nitrogen and oxygen atoms in total. The number of hydrogen-bond donors (Lipinski definition) is 1. The van der Waals surface area contributed by atoms with Gasteiger partial charge in [-0.1, -0.05) is 6.07 Å². The van der Waals surface area contributed by atoms with Crippen molar-refractivity contribution in [2.24, 2.45) is 0 Å². The molecule has 0 saturated carbocycles. The summed E-state index contributed by atoms with van der Waals surface area (Å²) in [5.41, 5.74) is 0.981. The molecule has 1 aliphatic heterocycles. The van der Waals surface area contributed by atoms with E-state index in [1.54, 1.807) is 0 Å². The quantitative estimate of drug-likeness (QED) is 0.866. The molecule has 18 heavy (non-hydrogen) atoms. The van der Waals surface area contributed by atoms with Gasteiger partial charge in [-0.05, 0) is 50.3 Å². The Kier molecular flexibility index (Phi) is 3.76. The van der Waals surface area contributed by atoms with Crippen molar-refractivity contribution in [1.82, 2.24) is 5.32 Å². The Balaban J connectivity index is 2.53. The zero-order valence-corrected chi connectivity index (χ0v) is 12.6. The highest BCUT2D eigenvalue weighted by Crippen LogP contribution is 2.34. The minimum absolute atomic E-state index is 0.0869. The van der Waals surface area contributed by atoms with Gasteiger partial charge in [0.25, 0.3) is 0 Å². The molecule has 1 N–H and O–H groups in total. The van der Waals surface area contributed by atoms with E-state index < -0.39 is 9.84 Å². The van der Waals surface area contributed by atoms with Crippen LogP contribution in [0.5, 0.6) is 0 Å². The first-order valence-corrected chi connectivity index (χ1v) is 9.12. The summed E-state index contributed by atoms with van der Waals surface area (Å²) in [6.07, 6.45) is 5.36. The standard InChI is InChI=1S/C13H19NO2S2/c1-13(7-4-8-14-13)10-5-6-11(17-2)12(9-10)18(3,15)16/h5-6,9,14H,4,7-8H2,1-3H3. The lowest BCUT2D eigenvalue weighted by Crippen LogP contribution is -2.33. The average Bonchev–Trinajstić information content (AvgIpc) is 2.75. The van der Waals surface area contributed by atoms with Crippen molar-refractivity contribution in [1.29, 1.82) is 0 Å². The Hall–Kier alpha value is -0.520. The molecular formula is C13H19NO2S2. The normalized spacial score (nSPS) is 24.4. The first-order valence-electron chi connectivity index (χ1n) is 6.00. The molecule has 0 aromatic heterocycles. The summed E-state index contributed by atoms with van der Waals surface area (Å²) >= 11 is 1.47. The van der Waals surface area contributed by atoms with Crippen molar-refractivity contribution in [2.45, 2.75) is 35.1 Å². The number of thioether (sulfide) groups is 1. The fourth-order valence-corrected chi connectivity index (χ4v) is 4.39. The molecule has 1 unspecified atom stereocenters. The van der Waals surface area contributed by atoms with Crippen LogP contribution in [0.15, 0.2) is 28.0 Å². The summed E-state index contributed by atoms with van der Waals surface area (Å²) in [7, 11) is -3.17. The average molecular weight is 285 g/mol. The van der Waals surface area contributed by atoms with Crippen molar-refractivity contribution in [3.63, 3.8) is 0 Å². The summed E-state index contributed by atoms with van der Waals surface area (Å²) in [4.78, 5) is 1.27. The zero-order chi connectivity index (χ0) is 13.4. The molecule has 0 spiro atoms. The lowest BCUT2D eigenvalue weighted by atomic mass is 9.91. The highest BCUT2D eigenvalue weighted by Gasteiger charge is 2.31. The molecule has 1 fully saturated rings. The molecule has 1 aliphatic rings. The van der Waals surface area contributed by atoms with Crippen LogP contribution in [-0.4, -0.2) is 27.5 Å². The maximum absolute atomic E-state index is 11.9. The molecule has 2 rings (SSSR count). The molecule has 0 bridgehead atoms. The summed E-state index contributed by atoms with van der Waals surface area (Å²) in [6, 6.07) is 5.79. The van der Waals surface area contributed by atoms with Crippen LogP contribution in [0, 0.1) is 0 Å². The zero-order valence-electron chi connectivity index (χ0n) is 11.0. The summed E-state index contributed by atoms with van der Waals surface area (Å²) in [6.45, 7) is 3.13. The summed E-state index contributed by atoms with van der Waals surface area (Å²) in [5.74, 6) is 0. The topological polar surface area (TPSA) is 46.2 Å². The van der Waals surface area contributed by atoms with Crippen LogP contribution in [-0.2, 0) is 15.4 Å². The number of rotatable bonds is 3. The first-order chi connectivity index (χ1) is 8.37. The second-order valence-electron chi connectivity index (χ2n) is 5.00. The van der Waals surface area contributed by atoms with E-state index in [1.165, 1.54) is 18.0 Å². The Bertz CT molecular complexity index is 546. The fourth-order valence-electron chi connectivity index (χ4n) is 2.45. The molecule has 1 aromatic carbocycles.